The Hall–Kier alpha value is -2.11. The van der Waals surface area contributed by atoms with Crippen LogP contribution in [0.1, 0.15) is 24.2 Å². The summed E-state index contributed by atoms with van der Waals surface area (Å²) in [7, 11) is 1.69. The van der Waals surface area contributed by atoms with E-state index in [1.54, 1.807) is 27.0 Å². The summed E-state index contributed by atoms with van der Waals surface area (Å²) < 4.78 is 0. The summed E-state index contributed by atoms with van der Waals surface area (Å²) in [6.07, 6.45) is 0. The zero-order valence-corrected chi connectivity index (χ0v) is 9.98. The molecule has 1 aromatic carbocycles. The zero-order chi connectivity index (χ0) is 13.0. The molecule has 0 aliphatic heterocycles. The van der Waals surface area contributed by atoms with Gasteiger partial charge in [-0.2, -0.15) is 0 Å². The van der Waals surface area contributed by atoms with Crippen LogP contribution in [0, 0.1) is 10.1 Å². The van der Waals surface area contributed by atoms with E-state index in [1.807, 2.05) is 0 Å². The molecule has 0 saturated carbocycles. The maximum atomic E-state index is 11.8. The van der Waals surface area contributed by atoms with Crippen LogP contribution < -0.4 is 10.6 Å². The Morgan fingerprint density at radius 3 is 2.53 bits per heavy atom. The number of nitro groups is 1. The van der Waals surface area contributed by atoms with E-state index in [-0.39, 0.29) is 17.3 Å². The summed E-state index contributed by atoms with van der Waals surface area (Å²) in [5, 5.41) is 16.3. The Labute approximate surface area is 99.2 Å². The highest BCUT2D eigenvalue weighted by Gasteiger charge is 2.20. The first-order chi connectivity index (χ1) is 7.95. The van der Waals surface area contributed by atoms with Gasteiger partial charge in [-0.15, -0.1) is 0 Å². The van der Waals surface area contributed by atoms with Gasteiger partial charge >= 0.3 is 0 Å². The monoisotopic (exact) mass is 237 g/mol. The lowest BCUT2D eigenvalue weighted by atomic mass is 10.1. The van der Waals surface area contributed by atoms with E-state index >= 15 is 0 Å². The van der Waals surface area contributed by atoms with Crippen molar-refractivity contribution in [2.45, 2.75) is 19.9 Å². The fourth-order valence-corrected chi connectivity index (χ4v) is 1.37. The summed E-state index contributed by atoms with van der Waals surface area (Å²) >= 11 is 0. The molecule has 2 N–H and O–H groups in total. The average molecular weight is 237 g/mol. The Bertz CT molecular complexity index is 444. The van der Waals surface area contributed by atoms with E-state index in [0.29, 0.717) is 5.69 Å². The van der Waals surface area contributed by atoms with Crippen molar-refractivity contribution in [3.05, 3.63) is 33.9 Å². The first kappa shape index (κ1) is 13.0. The average Bonchev–Trinajstić information content (AvgIpc) is 2.27. The maximum Gasteiger partial charge on any atom is 0.282 e. The second kappa shape index (κ2) is 5.29. The molecule has 92 valence electrons. The number of nitrogens with one attached hydrogen (secondary N) is 2. The molecule has 17 heavy (non-hydrogen) atoms. The van der Waals surface area contributed by atoms with Crippen molar-refractivity contribution in [3.63, 3.8) is 0 Å². The standard InChI is InChI=1S/C11H15N3O3/c1-7(2)13-11(15)9-6-8(12-3)4-5-10(9)14(16)17/h4-7,12H,1-3H3,(H,13,15). The van der Waals surface area contributed by atoms with Crippen LogP contribution in [0.5, 0.6) is 0 Å². The number of carbonyl (C=O) groups excluding carboxylic acids is 1. The number of benzene rings is 1. The highest BCUT2D eigenvalue weighted by Crippen LogP contribution is 2.22. The molecule has 0 spiro atoms. The predicted octanol–water partition coefficient (Wildman–Crippen LogP) is 1.77. The highest BCUT2D eigenvalue weighted by molar-refractivity contribution is 5.99. The summed E-state index contributed by atoms with van der Waals surface area (Å²) in [4.78, 5) is 22.1. The molecule has 0 aromatic heterocycles. The number of hydrogen-bond donors (Lipinski definition) is 2. The highest BCUT2D eigenvalue weighted by atomic mass is 16.6. The van der Waals surface area contributed by atoms with Crippen molar-refractivity contribution in [2.24, 2.45) is 0 Å². The third kappa shape index (κ3) is 3.17. The van der Waals surface area contributed by atoms with Gasteiger partial charge < -0.3 is 10.6 Å². The minimum absolute atomic E-state index is 0.0653. The predicted molar refractivity (Wildman–Crippen MR) is 65.2 cm³/mol. The molecule has 0 radical (unpaired) electrons. The summed E-state index contributed by atoms with van der Waals surface area (Å²) in [6, 6.07) is 4.28. The third-order valence-electron chi connectivity index (χ3n) is 2.15. The number of nitro benzene ring substituents is 1. The van der Waals surface area contributed by atoms with Crippen LogP contribution >= 0.6 is 0 Å². The second-order valence-corrected chi connectivity index (χ2v) is 3.87. The second-order valence-electron chi connectivity index (χ2n) is 3.87. The molecule has 0 bridgehead atoms. The Morgan fingerprint density at radius 1 is 1.41 bits per heavy atom. The molecule has 6 heteroatoms. The molecular formula is C11H15N3O3. The van der Waals surface area contributed by atoms with Gasteiger partial charge in [0.25, 0.3) is 11.6 Å². The molecule has 0 fully saturated rings. The molecular weight excluding hydrogens is 222 g/mol. The minimum Gasteiger partial charge on any atom is -0.388 e. The van der Waals surface area contributed by atoms with Crippen LogP contribution in [0.2, 0.25) is 0 Å². The lowest BCUT2D eigenvalue weighted by Crippen LogP contribution is -2.30. The first-order valence-electron chi connectivity index (χ1n) is 5.22. The van der Waals surface area contributed by atoms with Gasteiger partial charge in [0, 0.05) is 24.8 Å². The fourth-order valence-electron chi connectivity index (χ4n) is 1.37. The lowest BCUT2D eigenvalue weighted by molar-refractivity contribution is -0.385. The van der Waals surface area contributed by atoms with Crippen molar-refractivity contribution in [3.8, 4) is 0 Å². The van der Waals surface area contributed by atoms with Gasteiger partial charge in [0.1, 0.15) is 5.56 Å². The normalized spacial score (nSPS) is 10.1. The van der Waals surface area contributed by atoms with E-state index in [4.69, 9.17) is 0 Å². The quantitative estimate of drug-likeness (QED) is 0.617. The fraction of sp³-hybridized carbons (Fsp3) is 0.364. The molecule has 0 atom stereocenters. The number of carbonyl (C=O) groups is 1. The number of anilines is 1. The molecule has 6 nitrogen and oxygen atoms in total. The van der Waals surface area contributed by atoms with E-state index in [1.165, 1.54) is 12.1 Å². The van der Waals surface area contributed by atoms with Gasteiger partial charge in [-0.05, 0) is 26.0 Å². The van der Waals surface area contributed by atoms with Crippen molar-refractivity contribution in [2.75, 3.05) is 12.4 Å². The molecule has 1 aromatic rings. The molecule has 1 amide bonds. The van der Waals surface area contributed by atoms with Crippen LogP contribution in [0.4, 0.5) is 11.4 Å². The van der Waals surface area contributed by atoms with E-state index in [9.17, 15) is 14.9 Å². The van der Waals surface area contributed by atoms with Gasteiger partial charge in [-0.3, -0.25) is 14.9 Å². The number of hydrogen-bond acceptors (Lipinski definition) is 4. The summed E-state index contributed by atoms with van der Waals surface area (Å²) in [6.45, 7) is 3.59. The maximum absolute atomic E-state index is 11.8. The molecule has 0 aliphatic rings. The largest absolute Gasteiger partial charge is 0.388 e. The first-order valence-corrected chi connectivity index (χ1v) is 5.22. The molecule has 0 aliphatic carbocycles. The van der Waals surface area contributed by atoms with Crippen LogP contribution in [0.15, 0.2) is 18.2 Å². The van der Waals surface area contributed by atoms with Crippen molar-refractivity contribution in [1.29, 1.82) is 0 Å². The van der Waals surface area contributed by atoms with E-state index in [0.717, 1.165) is 0 Å². The molecule has 0 unspecified atom stereocenters. The smallest absolute Gasteiger partial charge is 0.282 e. The summed E-state index contributed by atoms with van der Waals surface area (Å²) in [5.41, 5.74) is 0.530. The molecule has 0 heterocycles. The van der Waals surface area contributed by atoms with Gasteiger partial charge in [0.2, 0.25) is 0 Å². The number of nitrogens with zero attached hydrogens (tertiary/aromatic N) is 1. The van der Waals surface area contributed by atoms with Crippen LogP contribution in [-0.2, 0) is 0 Å². The van der Waals surface area contributed by atoms with Gasteiger partial charge in [0.05, 0.1) is 4.92 Å². The Balaban J connectivity index is 3.17. The third-order valence-corrected chi connectivity index (χ3v) is 2.15. The van der Waals surface area contributed by atoms with E-state index < -0.39 is 10.8 Å². The van der Waals surface area contributed by atoms with Gasteiger partial charge in [0.15, 0.2) is 0 Å². The number of amides is 1. The van der Waals surface area contributed by atoms with Crippen molar-refractivity contribution >= 4 is 17.3 Å². The SMILES string of the molecule is CNc1ccc([N+](=O)[O-])c(C(=O)NC(C)C)c1. The van der Waals surface area contributed by atoms with Crippen LogP contribution in [0.3, 0.4) is 0 Å². The molecule has 1 rings (SSSR count). The van der Waals surface area contributed by atoms with E-state index in [2.05, 4.69) is 10.6 Å². The van der Waals surface area contributed by atoms with Crippen LogP contribution in [-0.4, -0.2) is 23.9 Å². The van der Waals surface area contributed by atoms with Gasteiger partial charge in [-0.25, -0.2) is 0 Å². The Morgan fingerprint density at radius 2 is 2.06 bits per heavy atom. The summed E-state index contributed by atoms with van der Waals surface area (Å²) in [5.74, 6) is -0.441. The van der Waals surface area contributed by atoms with Crippen LogP contribution in [0.25, 0.3) is 0 Å². The lowest BCUT2D eigenvalue weighted by Gasteiger charge is -2.09. The topological polar surface area (TPSA) is 84.3 Å². The molecule has 0 saturated heterocycles. The van der Waals surface area contributed by atoms with Crippen molar-refractivity contribution < 1.29 is 9.72 Å². The van der Waals surface area contributed by atoms with Crippen molar-refractivity contribution in [1.82, 2.24) is 5.32 Å². The van der Waals surface area contributed by atoms with Gasteiger partial charge in [-0.1, -0.05) is 0 Å². The zero-order valence-electron chi connectivity index (χ0n) is 9.98. The minimum atomic E-state index is -0.561. The number of rotatable bonds is 4. The Kier molecular flexibility index (Phi) is 4.03.